The van der Waals surface area contributed by atoms with Crippen molar-refractivity contribution in [3.8, 4) is 0 Å². The van der Waals surface area contributed by atoms with Crippen molar-refractivity contribution >= 4 is 11.8 Å². The molecule has 0 radical (unpaired) electrons. The zero-order valence-corrected chi connectivity index (χ0v) is 18.5. The van der Waals surface area contributed by atoms with Gasteiger partial charge in [0.05, 0.1) is 66.0 Å². The number of rotatable bonds is 22. The van der Waals surface area contributed by atoms with Crippen LogP contribution >= 0.6 is 0 Å². The highest BCUT2D eigenvalue weighted by molar-refractivity contribution is 6.12. The van der Waals surface area contributed by atoms with E-state index < -0.39 is 0 Å². The van der Waals surface area contributed by atoms with Gasteiger partial charge in [0.2, 0.25) is 0 Å². The highest BCUT2D eigenvalue weighted by Gasteiger charge is 2.22. The van der Waals surface area contributed by atoms with Gasteiger partial charge in [0.1, 0.15) is 0 Å². The number of ether oxygens (including phenoxy) is 5. The summed E-state index contributed by atoms with van der Waals surface area (Å²) < 4.78 is 27.2. The minimum absolute atomic E-state index is 0.262. The average molecular weight is 430 g/mol. The summed E-state index contributed by atoms with van der Waals surface area (Å²) >= 11 is 0. The molecule has 1 rings (SSSR count). The first-order chi connectivity index (χ1) is 14.8. The Hall–Kier alpha value is -1.32. The predicted molar refractivity (Wildman–Crippen MR) is 113 cm³/mol. The molecule has 0 bridgehead atoms. The predicted octanol–water partition coefficient (Wildman–Crippen LogP) is 2.35. The Morgan fingerprint density at radius 1 is 0.567 bits per heavy atom. The van der Waals surface area contributed by atoms with E-state index in [-0.39, 0.29) is 18.4 Å². The van der Waals surface area contributed by atoms with Crippen molar-refractivity contribution in [2.24, 2.45) is 0 Å². The van der Waals surface area contributed by atoms with E-state index in [1.807, 2.05) is 0 Å². The van der Waals surface area contributed by atoms with Crippen LogP contribution in [0.4, 0.5) is 0 Å². The summed E-state index contributed by atoms with van der Waals surface area (Å²) in [7, 11) is 0. The molecule has 0 atom stereocenters. The molecule has 0 unspecified atom stereocenters. The van der Waals surface area contributed by atoms with E-state index in [4.69, 9.17) is 23.7 Å². The first-order valence-corrected chi connectivity index (χ1v) is 11.2. The highest BCUT2D eigenvalue weighted by Crippen LogP contribution is 2.05. The zero-order chi connectivity index (χ0) is 21.7. The molecule has 0 aromatic carbocycles. The molecular weight excluding hydrogens is 390 g/mol. The second-order valence-corrected chi connectivity index (χ2v) is 6.99. The van der Waals surface area contributed by atoms with Crippen LogP contribution in [0, 0.1) is 0 Å². The first-order valence-electron chi connectivity index (χ1n) is 11.2. The first kappa shape index (κ1) is 26.7. The standard InChI is InChI=1S/C22H39NO7/c1-2-3-4-5-6-7-11-26-13-15-28-17-19-30-20-18-29-16-14-27-12-10-23-21(24)8-9-22(23)25/h8-9H,2-7,10-20H2,1H3. The van der Waals surface area contributed by atoms with Crippen molar-refractivity contribution < 1.29 is 33.3 Å². The minimum atomic E-state index is -0.290. The summed E-state index contributed by atoms with van der Waals surface area (Å²) in [4.78, 5) is 23.8. The molecule has 0 saturated carbocycles. The molecule has 1 heterocycles. The van der Waals surface area contributed by atoms with Gasteiger partial charge in [-0.3, -0.25) is 14.5 Å². The Morgan fingerprint density at radius 2 is 0.967 bits per heavy atom. The second kappa shape index (κ2) is 19.6. The molecule has 0 aromatic heterocycles. The zero-order valence-electron chi connectivity index (χ0n) is 18.5. The highest BCUT2D eigenvalue weighted by atomic mass is 16.6. The number of nitrogens with zero attached hydrogens (tertiary/aromatic N) is 1. The van der Waals surface area contributed by atoms with Gasteiger partial charge in [-0.15, -0.1) is 0 Å². The van der Waals surface area contributed by atoms with Crippen molar-refractivity contribution in [2.45, 2.75) is 45.4 Å². The number of carbonyl (C=O) groups is 2. The van der Waals surface area contributed by atoms with Crippen LogP contribution in [0.3, 0.4) is 0 Å². The van der Waals surface area contributed by atoms with E-state index >= 15 is 0 Å². The Kier molecular flexibility index (Phi) is 17.5. The Labute approximate surface area is 180 Å². The van der Waals surface area contributed by atoms with Crippen LogP contribution in [-0.4, -0.2) is 89.3 Å². The van der Waals surface area contributed by atoms with Crippen LogP contribution < -0.4 is 0 Å². The summed E-state index contributed by atoms with van der Waals surface area (Å²) in [5, 5.41) is 0. The van der Waals surface area contributed by atoms with Gasteiger partial charge >= 0.3 is 0 Å². The molecule has 8 heteroatoms. The lowest BCUT2D eigenvalue weighted by Crippen LogP contribution is -2.33. The van der Waals surface area contributed by atoms with Crippen molar-refractivity contribution in [1.29, 1.82) is 0 Å². The van der Waals surface area contributed by atoms with E-state index in [1.54, 1.807) is 0 Å². The smallest absolute Gasteiger partial charge is 0.253 e. The maximum atomic E-state index is 11.3. The monoisotopic (exact) mass is 429 g/mol. The molecule has 0 aromatic rings. The molecule has 30 heavy (non-hydrogen) atoms. The van der Waals surface area contributed by atoms with Gasteiger partial charge < -0.3 is 23.7 Å². The van der Waals surface area contributed by atoms with Crippen LogP contribution in [-0.2, 0) is 33.3 Å². The fourth-order valence-electron chi connectivity index (χ4n) is 2.77. The largest absolute Gasteiger partial charge is 0.379 e. The summed E-state index contributed by atoms with van der Waals surface area (Å²) in [5.74, 6) is -0.580. The Morgan fingerprint density at radius 3 is 1.47 bits per heavy atom. The SMILES string of the molecule is CCCCCCCCOCCOCCOCCOCCOCCN1C(=O)C=CC1=O. The third kappa shape index (κ3) is 14.6. The normalized spacial score (nSPS) is 13.7. The lowest BCUT2D eigenvalue weighted by atomic mass is 10.1. The topological polar surface area (TPSA) is 83.5 Å². The molecule has 0 saturated heterocycles. The lowest BCUT2D eigenvalue weighted by Gasteiger charge is -2.13. The Bertz CT molecular complexity index is 452. The number of imide groups is 1. The van der Waals surface area contributed by atoms with E-state index in [1.165, 1.54) is 44.3 Å². The molecule has 0 aliphatic carbocycles. The Balaban J connectivity index is 1.68. The maximum absolute atomic E-state index is 11.3. The van der Waals surface area contributed by atoms with Crippen LogP contribution in [0.2, 0.25) is 0 Å². The van der Waals surface area contributed by atoms with Crippen molar-refractivity contribution in [2.75, 3.05) is 72.6 Å². The van der Waals surface area contributed by atoms with Gasteiger partial charge in [-0.25, -0.2) is 0 Å². The molecule has 0 N–H and O–H groups in total. The third-order valence-electron chi connectivity index (χ3n) is 4.49. The number of amides is 2. The molecule has 8 nitrogen and oxygen atoms in total. The van der Waals surface area contributed by atoms with Gasteiger partial charge in [0.15, 0.2) is 0 Å². The van der Waals surface area contributed by atoms with E-state index in [0.29, 0.717) is 59.5 Å². The quantitative estimate of drug-likeness (QED) is 0.193. The summed E-state index contributed by atoms with van der Waals surface area (Å²) in [6, 6.07) is 0. The number of hydrogen-bond acceptors (Lipinski definition) is 7. The van der Waals surface area contributed by atoms with Crippen molar-refractivity contribution in [1.82, 2.24) is 4.90 Å². The van der Waals surface area contributed by atoms with Gasteiger partial charge in [0.25, 0.3) is 11.8 Å². The van der Waals surface area contributed by atoms with Gasteiger partial charge in [-0.1, -0.05) is 39.0 Å². The molecule has 2 amide bonds. The van der Waals surface area contributed by atoms with Crippen molar-refractivity contribution in [3.05, 3.63) is 12.2 Å². The fraction of sp³-hybridized carbons (Fsp3) is 0.818. The molecule has 0 fully saturated rings. The van der Waals surface area contributed by atoms with E-state index in [9.17, 15) is 9.59 Å². The molecule has 1 aliphatic heterocycles. The summed E-state index contributed by atoms with van der Waals surface area (Å²) in [5.41, 5.74) is 0. The molecular formula is C22H39NO7. The number of carbonyl (C=O) groups excluding carboxylic acids is 2. The molecule has 0 spiro atoms. The van der Waals surface area contributed by atoms with E-state index in [2.05, 4.69) is 6.92 Å². The van der Waals surface area contributed by atoms with Crippen LogP contribution in [0.15, 0.2) is 12.2 Å². The van der Waals surface area contributed by atoms with Crippen LogP contribution in [0.25, 0.3) is 0 Å². The number of unbranched alkanes of at least 4 members (excludes halogenated alkanes) is 5. The summed E-state index contributed by atoms with van der Waals surface area (Å²) in [6.45, 7) is 7.75. The fourth-order valence-corrected chi connectivity index (χ4v) is 2.77. The average Bonchev–Trinajstić information content (AvgIpc) is 3.06. The third-order valence-corrected chi connectivity index (χ3v) is 4.49. The van der Waals surface area contributed by atoms with Gasteiger partial charge in [-0.2, -0.15) is 0 Å². The summed E-state index contributed by atoms with van der Waals surface area (Å²) in [6.07, 6.45) is 10.2. The number of hydrogen-bond donors (Lipinski definition) is 0. The van der Waals surface area contributed by atoms with E-state index in [0.717, 1.165) is 17.9 Å². The second-order valence-electron chi connectivity index (χ2n) is 6.99. The van der Waals surface area contributed by atoms with Crippen molar-refractivity contribution in [3.63, 3.8) is 0 Å². The lowest BCUT2D eigenvalue weighted by molar-refractivity contribution is -0.137. The van der Waals surface area contributed by atoms with Gasteiger partial charge in [-0.05, 0) is 6.42 Å². The molecule has 1 aliphatic rings. The van der Waals surface area contributed by atoms with Gasteiger partial charge in [0, 0.05) is 18.8 Å². The van der Waals surface area contributed by atoms with Crippen LogP contribution in [0.1, 0.15) is 45.4 Å². The molecule has 174 valence electrons. The van der Waals surface area contributed by atoms with Crippen LogP contribution in [0.5, 0.6) is 0 Å². The maximum Gasteiger partial charge on any atom is 0.253 e. The minimum Gasteiger partial charge on any atom is -0.379 e.